The van der Waals surface area contributed by atoms with Gasteiger partial charge in [-0.15, -0.1) is 0 Å². The molecule has 3 fully saturated rings. The summed E-state index contributed by atoms with van der Waals surface area (Å²) in [7, 11) is 0. The Kier molecular flexibility index (Phi) is 4.01. The number of amides is 1. The number of piperazine rings is 1. The molecule has 5 nitrogen and oxygen atoms in total. The molecular formula is C17H23N3O2S. The minimum absolute atomic E-state index is 0.0263. The zero-order chi connectivity index (χ0) is 15.8. The minimum atomic E-state index is -0.0263. The molecule has 2 heterocycles. The van der Waals surface area contributed by atoms with Crippen molar-refractivity contribution in [2.24, 2.45) is 11.8 Å². The zero-order valence-corrected chi connectivity index (χ0v) is 14.1. The predicted octanol–water partition coefficient (Wildman–Crippen LogP) is 2.10. The summed E-state index contributed by atoms with van der Waals surface area (Å²) in [6, 6.07) is 4.04. The van der Waals surface area contributed by atoms with Crippen LogP contribution in [-0.2, 0) is 0 Å². The molecule has 4 rings (SSSR count). The molecule has 3 atom stereocenters. The molecular weight excluding hydrogens is 310 g/mol. The van der Waals surface area contributed by atoms with Crippen molar-refractivity contribution in [3.8, 4) is 0 Å². The van der Waals surface area contributed by atoms with Gasteiger partial charge in [0, 0.05) is 32.2 Å². The molecule has 6 heteroatoms. The van der Waals surface area contributed by atoms with Crippen LogP contribution in [0.1, 0.15) is 36.2 Å². The van der Waals surface area contributed by atoms with E-state index in [4.69, 9.17) is 16.6 Å². The minimum Gasteiger partial charge on any atom is -0.459 e. The monoisotopic (exact) mass is 333 g/mol. The highest BCUT2D eigenvalue weighted by Crippen LogP contribution is 2.44. The second-order valence-electron chi connectivity index (χ2n) is 6.99. The summed E-state index contributed by atoms with van der Waals surface area (Å²) < 4.78 is 5.20. The van der Waals surface area contributed by atoms with Gasteiger partial charge in [0.25, 0.3) is 5.91 Å². The van der Waals surface area contributed by atoms with Crippen molar-refractivity contribution in [1.29, 1.82) is 0 Å². The molecule has 0 aromatic carbocycles. The van der Waals surface area contributed by atoms with Crippen molar-refractivity contribution in [2.45, 2.75) is 31.7 Å². The Bertz CT molecular complexity index is 581. The Labute approximate surface area is 142 Å². The van der Waals surface area contributed by atoms with E-state index >= 15 is 0 Å². The Morgan fingerprint density at radius 3 is 2.57 bits per heavy atom. The fourth-order valence-electron chi connectivity index (χ4n) is 4.34. The summed E-state index contributed by atoms with van der Waals surface area (Å²) in [6.45, 7) is 2.97. The molecule has 2 saturated carbocycles. The van der Waals surface area contributed by atoms with Crippen molar-refractivity contribution in [3.63, 3.8) is 0 Å². The number of hydrogen-bond donors (Lipinski definition) is 1. The van der Waals surface area contributed by atoms with E-state index in [1.807, 2.05) is 4.90 Å². The van der Waals surface area contributed by atoms with E-state index < -0.39 is 0 Å². The molecule has 2 bridgehead atoms. The van der Waals surface area contributed by atoms with Crippen molar-refractivity contribution in [1.82, 2.24) is 15.1 Å². The highest BCUT2D eigenvalue weighted by molar-refractivity contribution is 7.80. The van der Waals surface area contributed by atoms with Gasteiger partial charge in [-0.25, -0.2) is 0 Å². The summed E-state index contributed by atoms with van der Waals surface area (Å²) >= 11 is 5.60. The number of furan rings is 1. The Hall–Kier alpha value is -1.56. The van der Waals surface area contributed by atoms with Gasteiger partial charge in [-0.2, -0.15) is 0 Å². The van der Waals surface area contributed by atoms with Crippen LogP contribution in [0.4, 0.5) is 0 Å². The first-order valence-corrected chi connectivity index (χ1v) is 9.00. The largest absolute Gasteiger partial charge is 0.459 e. The number of rotatable bonds is 2. The van der Waals surface area contributed by atoms with Gasteiger partial charge in [0.1, 0.15) is 0 Å². The molecule has 0 unspecified atom stereocenters. The SMILES string of the molecule is O=C(c1ccco1)N1CCN(C(=S)N[C@H]2C[C@H]3CC[C@@H]2C3)CC1. The third-order valence-corrected chi connectivity index (χ3v) is 6.01. The second kappa shape index (κ2) is 6.15. The molecule has 1 aromatic heterocycles. The van der Waals surface area contributed by atoms with E-state index in [1.165, 1.54) is 31.9 Å². The van der Waals surface area contributed by atoms with Crippen LogP contribution < -0.4 is 5.32 Å². The van der Waals surface area contributed by atoms with Gasteiger partial charge in [-0.1, -0.05) is 6.42 Å². The van der Waals surface area contributed by atoms with E-state index in [-0.39, 0.29) is 5.91 Å². The van der Waals surface area contributed by atoms with Gasteiger partial charge in [-0.05, 0) is 55.4 Å². The molecule has 1 saturated heterocycles. The van der Waals surface area contributed by atoms with Crippen LogP contribution in [0.25, 0.3) is 0 Å². The lowest BCUT2D eigenvalue weighted by Gasteiger charge is -2.37. The lowest BCUT2D eigenvalue weighted by atomic mass is 9.95. The number of hydrogen-bond acceptors (Lipinski definition) is 3. The summed E-state index contributed by atoms with van der Waals surface area (Å²) in [5, 5.41) is 4.46. The van der Waals surface area contributed by atoms with Crippen LogP contribution in [0.2, 0.25) is 0 Å². The van der Waals surface area contributed by atoms with Gasteiger partial charge in [0.15, 0.2) is 10.9 Å². The van der Waals surface area contributed by atoms with Crippen LogP contribution >= 0.6 is 12.2 Å². The molecule has 0 radical (unpaired) electrons. The van der Waals surface area contributed by atoms with Crippen LogP contribution in [0.5, 0.6) is 0 Å². The molecule has 0 spiro atoms. The van der Waals surface area contributed by atoms with Gasteiger partial charge >= 0.3 is 0 Å². The van der Waals surface area contributed by atoms with Crippen LogP contribution in [0.15, 0.2) is 22.8 Å². The second-order valence-corrected chi connectivity index (χ2v) is 7.37. The summed E-state index contributed by atoms with van der Waals surface area (Å²) in [5.41, 5.74) is 0. The quantitative estimate of drug-likeness (QED) is 0.840. The van der Waals surface area contributed by atoms with Crippen LogP contribution in [0, 0.1) is 11.8 Å². The van der Waals surface area contributed by atoms with Crippen molar-refractivity contribution >= 4 is 23.2 Å². The topological polar surface area (TPSA) is 48.7 Å². The molecule has 1 aliphatic heterocycles. The Balaban J connectivity index is 1.28. The number of fused-ring (bicyclic) bond motifs is 2. The molecule has 1 N–H and O–H groups in total. The third-order valence-electron chi connectivity index (χ3n) is 5.63. The molecule has 3 aliphatic rings. The van der Waals surface area contributed by atoms with Crippen LogP contribution in [0.3, 0.4) is 0 Å². The van der Waals surface area contributed by atoms with Gasteiger partial charge in [0.05, 0.1) is 6.26 Å². The van der Waals surface area contributed by atoms with Crippen molar-refractivity contribution in [2.75, 3.05) is 26.2 Å². The fourth-order valence-corrected chi connectivity index (χ4v) is 4.67. The van der Waals surface area contributed by atoms with Gasteiger partial charge in [0.2, 0.25) is 0 Å². The number of carbonyl (C=O) groups is 1. The molecule has 1 amide bonds. The lowest BCUT2D eigenvalue weighted by molar-refractivity contribution is 0.0658. The smallest absolute Gasteiger partial charge is 0.289 e. The molecule has 124 valence electrons. The number of nitrogens with one attached hydrogen (secondary N) is 1. The van der Waals surface area contributed by atoms with Crippen LogP contribution in [-0.4, -0.2) is 53.0 Å². The summed E-state index contributed by atoms with van der Waals surface area (Å²) in [6.07, 6.45) is 6.96. The first-order chi connectivity index (χ1) is 11.2. The first kappa shape index (κ1) is 15.0. The third kappa shape index (κ3) is 2.96. The fraction of sp³-hybridized carbons (Fsp3) is 0.647. The Morgan fingerprint density at radius 1 is 1.17 bits per heavy atom. The van der Waals surface area contributed by atoms with Gasteiger partial charge in [-0.3, -0.25) is 4.79 Å². The highest BCUT2D eigenvalue weighted by atomic mass is 32.1. The number of thiocarbonyl (C=S) groups is 1. The van der Waals surface area contributed by atoms with E-state index in [0.717, 1.165) is 30.0 Å². The normalized spacial score (nSPS) is 29.8. The standard InChI is InChI=1S/C17H23N3O2S/c21-16(15-2-1-9-22-15)19-5-7-20(8-6-19)17(23)18-14-11-12-3-4-13(14)10-12/h1-2,9,12-14H,3-8,10-11H2,(H,18,23)/t12-,13+,14-/m0/s1. The molecule has 1 aromatic rings. The van der Waals surface area contributed by atoms with E-state index in [9.17, 15) is 4.79 Å². The van der Waals surface area contributed by atoms with Crippen molar-refractivity contribution < 1.29 is 9.21 Å². The van der Waals surface area contributed by atoms with E-state index in [0.29, 0.717) is 24.9 Å². The van der Waals surface area contributed by atoms with Crippen molar-refractivity contribution in [3.05, 3.63) is 24.2 Å². The maximum absolute atomic E-state index is 12.3. The number of nitrogens with zero attached hydrogens (tertiary/aromatic N) is 2. The summed E-state index contributed by atoms with van der Waals surface area (Å²) in [4.78, 5) is 16.3. The average molecular weight is 333 g/mol. The maximum atomic E-state index is 12.3. The maximum Gasteiger partial charge on any atom is 0.289 e. The predicted molar refractivity (Wildman–Crippen MR) is 91.2 cm³/mol. The zero-order valence-electron chi connectivity index (χ0n) is 13.2. The lowest BCUT2D eigenvalue weighted by Crippen LogP contribution is -2.55. The van der Waals surface area contributed by atoms with E-state index in [1.54, 1.807) is 12.1 Å². The van der Waals surface area contributed by atoms with Gasteiger partial charge < -0.3 is 19.5 Å². The summed E-state index contributed by atoms with van der Waals surface area (Å²) in [5.74, 6) is 2.13. The Morgan fingerprint density at radius 2 is 1.96 bits per heavy atom. The van der Waals surface area contributed by atoms with E-state index in [2.05, 4.69) is 10.2 Å². The molecule has 23 heavy (non-hydrogen) atoms. The average Bonchev–Trinajstić information content (AvgIpc) is 3.32. The number of carbonyl (C=O) groups excluding carboxylic acids is 1. The molecule has 2 aliphatic carbocycles. The highest BCUT2D eigenvalue weighted by Gasteiger charge is 2.40. The first-order valence-electron chi connectivity index (χ1n) is 8.59.